The Balaban J connectivity index is 4.14. The van der Waals surface area contributed by atoms with Crippen LogP contribution in [0.3, 0.4) is 0 Å². The van der Waals surface area contributed by atoms with E-state index in [4.69, 9.17) is 5.41 Å². The summed E-state index contributed by atoms with van der Waals surface area (Å²) in [6.45, 7) is 7.38. The standard InChI is InChI=1S/C8H13N/c1-4-6-8(5-2)7(3)9/h4,6,9H,1,5H2,2-3H3/b8-6-,9-7?. The number of nitrogens with one attached hydrogen (secondary N) is 1. The van der Waals surface area contributed by atoms with E-state index in [0.717, 1.165) is 12.0 Å². The number of hydrogen-bond donors (Lipinski definition) is 1. The average Bonchev–Trinajstić information content (AvgIpc) is 1.82. The van der Waals surface area contributed by atoms with Gasteiger partial charge < -0.3 is 5.41 Å². The Hall–Kier alpha value is -0.850. The van der Waals surface area contributed by atoms with Crippen molar-refractivity contribution in [2.24, 2.45) is 0 Å². The van der Waals surface area contributed by atoms with E-state index in [-0.39, 0.29) is 0 Å². The molecule has 0 saturated carbocycles. The van der Waals surface area contributed by atoms with Gasteiger partial charge in [-0.3, -0.25) is 0 Å². The molecule has 9 heavy (non-hydrogen) atoms. The minimum atomic E-state index is 0.636. The first-order valence-electron chi connectivity index (χ1n) is 3.09. The molecule has 0 rings (SSSR count). The van der Waals surface area contributed by atoms with Gasteiger partial charge in [-0.15, -0.1) is 0 Å². The molecule has 1 N–H and O–H groups in total. The lowest BCUT2D eigenvalue weighted by Gasteiger charge is -1.97. The van der Waals surface area contributed by atoms with Crippen LogP contribution in [0.5, 0.6) is 0 Å². The zero-order valence-electron chi connectivity index (χ0n) is 6.07. The molecule has 0 aliphatic carbocycles. The van der Waals surface area contributed by atoms with Crippen LogP contribution in [-0.4, -0.2) is 5.71 Å². The fourth-order valence-corrected chi connectivity index (χ4v) is 0.650. The fraction of sp³-hybridized carbons (Fsp3) is 0.375. The molecular formula is C8H13N. The summed E-state index contributed by atoms with van der Waals surface area (Å²) in [7, 11) is 0. The summed E-state index contributed by atoms with van der Waals surface area (Å²) in [5, 5.41) is 7.24. The molecule has 50 valence electrons. The van der Waals surface area contributed by atoms with Crippen molar-refractivity contribution in [3.05, 3.63) is 24.3 Å². The summed E-state index contributed by atoms with van der Waals surface area (Å²) in [6.07, 6.45) is 4.51. The Bertz CT molecular complexity index is 143. The van der Waals surface area contributed by atoms with E-state index < -0.39 is 0 Å². The van der Waals surface area contributed by atoms with Gasteiger partial charge in [-0.2, -0.15) is 0 Å². The lowest BCUT2D eigenvalue weighted by Crippen LogP contribution is -1.91. The van der Waals surface area contributed by atoms with E-state index in [1.807, 2.05) is 13.0 Å². The fourth-order valence-electron chi connectivity index (χ4n) is 0.650. The third kappa shape index (κ3) is 2.85. The van der Waals surface area contributed by atoms with Gasteiger partial charge in [0.15, 0.2) is 0 Å². The van der Waals surface area contributed by atoms with Crippen LogP contribution in [0.2, 0.25) is 0 Å². The molecule has 0 atom stereocenters. The lowest BCUT2D eigenvalue weighted by molar-refractivity contribution is 1.16. The second kappa shape index (κ2) is 4.07. The molecule has 0 heterocycles. The highest BCUT2D eigenvalue weighted by Crippen LogP contribution is 2.01. The van der Waals surface area contributed by atoms with Crippen molar-refractivity contribution in [1.29, 1.82) is 5.41 Å². The van der Waals surface area contributed by atoms with Gasteiger partial charge in [0, 0.05) is 5.71 Å². The maximum Gasteiger partial charge on any atom is 0.0314 e. The quantitative estimate of drug-likeness (QED) is 0.440. The van der Waals surface area contributed by atoms with Crippen LogP contribution in [0, 0.1) is 5.41 Å². The molecule has 1 heteroatoms. The number of allylic oxidation sites excluding steroid dienone is 3. The second-order valence-electron chi connectivity index (χ2n) is 1.91. The second-order valence-corrected chi connectivity index (χ2v) is 1.91. The van der Waals surface area contributed by atoms with Gasteiger partial charge >= 0.3 is 0 Å². The van der Waals surface area contributed by atoms with Gasteiger partial charge in [-0.25, -0.2) is 0 Å². The first kappa shape index (κ1) is 8.15. The van der Waals surface area contributed by atoms with E-state index in [1.54, 1.807) is 13.0 Å². The summed E-state index contributed by atoms with van der Waals surface area (Å²) in [6, 6.07) is 0. The highest BCUT2D eigenvalue weighted by atomic mass is 14.4. The summed E-state index contributed by atoms with van der Waals surface area (Å²) < 4.78 is 0. The zero-order valence-corrected chi connectivity index (χ0v) is 6.07. The molecule has 0 aromatic heterocycles. The Kier molecular flexibility index (Phi) is 3.69. The maximum atomic E-state index is 7.24. The first-order chi connectivity index (χ1) is 4.22. The van der Waals surface area contributed by atoms with E-state index >= 15 is 0 Å². The van der Waals surface area contributed by atoms with Gasteiger partial charge in [0.25, 0.3) is 0 Å². The number of rotatable bonds is 3. The van der Waals surface area contributed by atoms with Gasteiger partial charge in [0.1, 0.15) is 0 Å². The smallest absolute Gasteiger partial charge is 0.0314 e. The van der Waals surface area contributed by atoms with Crippen molar-refractivity contribution in [2.75, 3.05) is 0 Å². The van der Waals surface area contributed by atoms with Crippen molar-refractivity contribution in [3.63, 3.8) is 0 Å². The summed E-state index contributed by atoms with van der Waals surface area (Å²) in [4.78, 5) is 0. The van der Waals surface area contributed by atoms with Crippen LogP contribution >= 0.6 is 0 Å². The topological polar surface area (TPSA) is 23.9 Å². The van der Waals surface area contributed by atoms with E-state index in [9.17, 15) is 0 Å². The molecule has 0 aliphatic rings. The van der Waals surface area contributed by atoms with Gasteiger partial charge in [-0.05, 0) is 18.9 Å². The SMILES string of the molecule is C=C/C=C(/CC)C(C)=N. The van der Waals surface area contributed by atoms with E-state index in [1.165, 1.54) is 0 Å². The van der Waals surface area contributed by atoms with E-state index in [2.05, 4.69) is 6.58 Å². The van der Waals surface area contributed by atoms with Crippen LogP contribution < -0.4 is 0 Å². The van der Waals surface area contributed by atoms with Crippen LogP contribution in [0.15, 0.2) is 24.3 Å². The van der Waals surface area contributed by atoms with Crippen molar-refractivity contribution in [1.82, 2.24) is 0 Å². The van der Waals surface area contributed by atoms with Crippen molar-refractivity contribution < 1.29 is 0 Å². The molecule has 0 spiro atoms. The highest BCUT2D eigenvalue weighted by Gasteiger charge is 1.91. The van der Waals surface area contributed by atoms with Crippen molar-refractivity contribution >= 4 is 5.71 Å². The van der Waals surface area contributed by atoms with Crippen LogP contribution in [0.4, 0.5) is 0 Å². The largest absolute Gasteiger partial charge is 0.305 e. The van der Waals surface area contributed by atoms with Gasteiger partial charge in [0.05, 0.1) is 0 Å². The molecule has 0 aliphatic heterocycles. The molecule has 0 saturated heterocycles. The third-order valence-corrected chi connectivity index (χ3v) is 1.18. The minimum Gasteiger partial charge on any atom is -0.305 e. The lowest BCUT2D eigenvalue weighted by atomic mass is 10.1. The molecule has 0 radical (unpaired) electrons. The monoisotopic (exact) mass is 123 g/mol. The minimum absolute atomic E-state index is 0.636. The van der Waals surface area contributed by atoms with Crippen LogP contribution in [0.25, 0.3) is 0 Å². The zero-order chi connectivity index (χ0) is 7.28. The molecule has 0 unspecified atom stereocenters. The molecule has 0 amide bonds. The van der Waals surface area contributed by atoms with E-state index in [0.29, 0.717) is 5.71 Å². The Morgan fingerprint density at radius 3 is 2.33 bits per heavy atom. The third-order valence-electron chi connectivity index (χ3n) is 1.18. The average molecular weight is 123 g/mol. The van der Waals surface area contributed by atoms with Gasteiger partial charge in [0.2, 0.25) is 0 Å². The Morgan fingerprint density at radius 2 is 2.22 bits per heavy atom. The predicted octanol–water partition coefficient (Wildman–Crippen LogP) is 2.55. The molecule has 0 fully saturated rings. The summed E-state index contributed by atoms with van der Waals surface area (Å²) >= 11 is 0. The Labute approximate surface area is 56.6 Å². The molecule has 0 aromatic rings. The molecule has 0 aromatic carbocycles. The highest BCUT2D eigenvalue weighted by molar-refractivity contribution is 5.95. The van der Waals surface area contributed by atoms with Crippen LogP contribution in [0.1, 0.15) is 20.3 Å². The van der Waals surface area contributed by atoms with Crippen molar-refractivity contribution in [3.8, 4) is 0 Å². The predicted molar refractivity (Wildman–Crippen MR) is 42.0 cm³/mol. The summed E-state index contributed by atoms with van der Waals surface area (Å²) in [5.74, 6) is 0. The maximum absolute atomic E-state index is 7.24. The van der Waals surface area contributed by atoms with Gasteiger partial charge in [-0.1, -0.05) is 25.7 Å². The molecule has 1 nitrogen and oxygen atoms in total. The van der Waals surface area contributed by atoms with Crippen LogP contribution in [-0.2, 0) is 0 Å². The molecule has 0 bridgehead atoms. The molecular weight excluding hydrogens is 110 g/mol. The normalized spacial score (nSPS) is 11.1. The summed E-state index contributed by atoms with van der Waals surface area (Å²) in [5.41, 5.74) is 1.70. The first-order valence-corrected chi connectivity index (χ1v) is 3.09. The number of hydrogen-bond acceptors (Lipinski definition) is 1. The van der Waals surface area contributed by atoms with Crippen molar-refractivity contribution in [2.45, 2.75) is 20.3 Å². The Morgan fingerprint density at radius 1 is 1.67 bits per heavy atom.